The van der Waals surface area contributed by atoms with Crippen LogP contribution in [0.5, 0.6) is 0 Å². The molecule has 110 valence electrons. The molecule has 5 nitrogen and oxygen atoms in total. The van der Waals surface area contributed by atoms with Crippen molar-refractivity contribution in [2.24, 2.45) is 0 Å². The van der Waals surface area contributed by atoms with E-state index < -0.39 is 5.60 Å². The summed E-state index contributed by atoms with van der Waals surface area (Å²) < 4.78 is 1.75. The average Bonchev–Trinajstić information content (AvgIpc) is 3.00. The standard InChI is InChI=1S/C16H19N3O2/c1-16(21)8-2-10-18(12-16)15(20)13-4-6-14(7-5-13)19-11-3-9-17-19/h3-7,9,11,21H,2,8,10,12H2,1H3. The van der Waals surface area contributed by atoms with Crippen molar-refractivity contribution in [2.75, 3.05) is 13.1 Å². The van der Waals surface area contributed by atoms with Crippen molar-refractivity contribution in [3.63, 3.8) is 0 Å². The van der Waals surface area contributed by atoms with Crippen LogP contribution in [0.1, 0.15) is 30.1 Å². The summed E-state index contributed by atoms with van der Waals surface area (Å²) in [5, 5.41) is 14.3. The van der Waals surface area contributed by atoms with Crippen LogP contribution in [0.2, 0.25) is 0 Å². The predicted octanol–water partition coefficient (Wildman–Crippen LogP) is 1.86. The Balaban J connectivity index is 1.76. The van der Waals surface area contributed by atoms with Gasteiger partial charge >= 0.3 is 0 Å². The van der Waals surface area contributed by atoms with Crippen LogP contribution in [0.3, 0.4) is 0 Å². The van der Waals surface area contributed by atoms with E-state index >= 15 is 0 Å². The van der Waals surface area contributed by atoms with Gasteiger partial charge in [-0.1, -0.05) is 0 Å². The predicted molar refractivity (Wildman–Crippen MR) is 79.3 cm³/mol. The molecule has 0 saturated carbocycles. The highest BCUT2D eigenvalue weighted by molar-refractivity contribution is 5.94. The number of benzene rings is 1. The molecule has 5 heteroatoms. The number of aromatic nitrogens is 2. The van der Waals surface area contributed by atoms with Gasteiger partial charge in [-0.05, 0) is 50.1 Å². The van der Waals surface area contributed by atoms with Crippen LogP contribution in [0, 0.1) is 0 Å². The first-order valence-corrected chi connectivity index (χ1v) is 7.17. The number of piperidine rings is 1. The van der Waals surface area contributed by atoms with Gasteiger partial charge in [0, 0.05) is 31.0 Å². The van der Waals surface area contributed by atoms with E-state index in [0.717, 1.165) is 18.5 Å². The molecule has 1 atom stereocenters. The SMILES string of the molecule is CC1(O)CCCN(C(=O)c2ccc(-n3cccn3)cc2)C1. The summed E-state index contributed by atoms with van der Waals surface area (Å²) in [6.45, 7) is 2.88. The number of nitrogens with zero attached hydrogens (tertiary/aromatic N) is 3. The molecule has 1 aliphatic heterocycles. The number of hydrogen-bond acceptors (Lipinski definition) is 3. The highest BCUT2D eigenvalue weighted by Gasteiger charge is 2.31. The summed E-state index contributed by atoms with van der Waals surface area (Å²) in [7, 11) is 0. The third-order valence-electron chi connectivity index (χ3n) is 3.85. The fourth-order valence-corrected chi connectivity index (χ4v) is 2.75. The van der Waals surface area contributed by atoms with E-state index in [-0.39, 0.29) is 5.91 Å². The molecule has 1 amide bonds. The largest absolute Gasteiger partial charge is 0.388 e. The minimum absolute atomic E-state index is 0.0259. The molecule has 1 N–H and O–H groups in total. The van der Waals surface area contributed by atoms with Crippen molar-refractivity contribution in [3.8, 4) is 5.69 Å². The van der Waals surface area contributed by atoms with Gasteiger partial charge in [0.2, 0.25) is 0 Å². The highest BCUT2D eigenvalue weighted by Crippen LogP contribution is 2.22. The monoisotopic (exact) mass is 285 g/mol. The van der Waals surface area contributed by atoms with Crippen LogP contribution in [0.4, 0.5) is 0 Å². The van der Waals surface area contributed by atoms with Crippen LogP contribution >= 0.6 is 0 Å². The minimum atomic E-state index is -0.775. The van der Waals surface area contributed by atoms with E-state index in [4.69, 9.17) is 0 Å². The molecular formula is C16H19N3O2. The molecular weight excluding hydrogens is 266 g/mol. The van der Waals surface area contributed by atoms with Gasteiger partial charge in [0.05, 0.1) is 11.3 Å². The van der Waals surface area contributed by atoms with E-state index in [1.54, 1.807) is 22.7 Å². The zero-order chi connectivity index (χ0) is 14.9. The Morgan fingerprint density at radius 1 is 1.33 bits per heavy atom. The zero-order valence-corrected chi connectivity index (χ0v) is 12.1. The van der Waals surface area contributed by atoms with Gasteiger partial charge in [-0.2, -0.15) is 5.10 Å². The number of amides is 1. The minimum Gasteiger partial charge on any atom is -0.388 e. The molecule has 21 heavy (non-hydrogen) atoms. The first kappa shape index (κ1) is 13.8. The zero-order valence-electron chi connectivity index (χ0n) is 12.1. The molecule has 2 heterocycles. The lowest BCUT2D eigenvalue weighted by Gasteiger charge is -2.36. The highest BCUT2D eigenvalue weighted by atomic mass is 16.3. The lowest BCUT2D eigenvalue weighted by atomic mass is 9.94. The lowest BCUT2D eigenvalue weighted by Crippen LogP contribution is -2.48. The molecule has 2 aromatic rings. The first-order valence-electron chi connectivity index (χ1n) is 7.17. The topological polar surface area (TPSA) is 58.4 Å². The number of hydrogen-bond donors (Lipinski definition) is 1. The van der Waals surface area contributed by atoms with Crippen molar-refractivity contribution in [3.05, 3.63) is 48.3 Å². The molecule has 0 bridgehead atoms. The van der Waals surface area contributed by atoms with E-state index in [2.05, 4.69) is 5.10 Å². The lowest BCUT2D eigenvalue weighted by molar-refractivity contribution is -0.0107. The molecule has 1 aliphatic rings. The number of carbonyl (C=O) groups is 1. The summed E-state index contributed by atoms with van der Waals surface area (Å²) in [5.74, 6) is -0.0259. The Morgan fingerprint density at radius 3 is 2.71 bits per heavy atom. The number of carbonyl (C=O) groups excluding carboxylic acids is 1. The smallest absolute Gasteiger partial charge is 0.253 e. The van der Waals surface area contributed by atoms with Crippen molar-refractivity contribution in [1.82, 2.24) is 14.7 Å². The normalized spacial score (nSPS) is 22.3. The Morgan fingerprint density at radius 2 is 2.10 bits per heavy atom. The van der Waals surface area contributed by atoms with Crippen molar-refractivity contribution < 1.29 is 9.90 Å². The summed E-state index contributed by atoms with van der Waals surface area (Å²) in [5.41, 5.74) is 0.786. The molecule has 1 unspecified atom stereocenters. The van der Waals surface area contributed by atoms with E-state index in [9.17, 15) is 9.90 Å². The fraction of sp³-hybridized carbons (Fsp3) is 0.375. The van der Waals surface area contributed by atoms with E-state index in [1.165, 1.54) is 0 Å². The maximum Gasteiger partial charge on any atom is 0.253 e. The van der Waals surface area contributed by atoms with Crippen LogP contribution < -0.4 is 0 Å². The van der Waals surface area contributed by atoms with Gasteiger partial charge in [0.1, 0.15) is 0 Å². The molecule has 3 rings (SSSR count). The maximum absolute atomic E-state index is 12.5. The second-order valence-electron chi connectivity index (χ2n) is 5.82. The number of aliphatic hydroxyl groups is 1. The Labute approximate surface area is 123 Å². The summed E-state index contributed by atoms with van der Waals surface area (Å²) in [6.07, 6.45) is 5.16. The van der Waals surface area contributed by atoms with Gasteiger partial charge in [-0.15, -0.1) is 0 Å². The Hall–Kier alpha value is -2.14. The quantitative estimate of drug-likeness (QED) is 0.916. The Kier molecular flexibility index (Phi) is 3.51. The summed E-state index contributed by atoms with van der Waals surface area (Å²) >= 11 is 0. The molecule has 0 aliphatic carbocycles. The second kappa shape index (κ2) is 5.33. The van der Waals surface area contributed by atoms with Crippen LogP contribution in [0.25, 0.3) is 5.69 Å². The number of likely N-dealkylation sites (tertiary alicyclic amines) is 1. The van der Waals surface area contributed by atoms with Crippen LogP contribution in [-0.4, -0.2) is 44.4 Å². The van der Waals surface area contributed by atoms with E-state index in [0.29, 0.717) is 18.7 Å². The second-order valence-corrected chi connectivity index (χ2v) is 5.82. The summed E-state index contributed by atoms with van der Waals surface area (Å²) in [6, 6.07) is 9.23. The third-order valence-corrected chi connectivity index (χ3v) is 3.85. The average molecular weight is 285 g/mol. The Bertz CT molecular complexity index is 617. The first-order chi connectivity index (χ1) is 10.1. The van der Waals surface area contributed by atoms with Gasteiger partial charge in [-0.3, -0.25) is 4.79 Å². The molecule has 1 aromatic heterocycles. The third kappa shape index (κ3) is 2.97. The summed E-state index contributed by atoms with van der Waals surface area (Å²) in [4.78, 5) is 14.2. The maximum atomic E-state index is 12.5. The number of rotatable bonds is 2. The van der Waals surface area contributed by atoms with Gasteiger partial charge in [0.25, 0.3) is 5.91 Å². The van der Waals surface area contributed by atoms with Gasteiger partial charge < -0.3 is 10.0 Å². The van der Waals surface area contributed by atoms with Crippen molar-refractivity contribution in [1.29, 1.82) is 0 Å². The fourth-order valence-electron chi connectivity index (χ4n) is 2.75. The van der Waals surface area contributed by atoms with Crippen molar-refractivity contribution in [2.45, 2.75) is 25.4 Å². The number of β-amino-alcohol motifs (C(OH)–C–C–N with tert-alkyl or cyclic N) is 1. The van der Waals surface area contributed by atoms with Crippen LogP contribution in [0.15, 0.2) is 42.7 Å². The van der Waals surface area contributed by atoms with Crippen LogP contribution in [-0.2, 0) is 0 Å². The van der Waals surface area contributed by atoms with E-state index in [1.807, 2.05) is 36.5 Å². The molecule has 0 radical (unpaired) electrons. The molecule has 1 saturated heterocycles. The molecule has 0 spiro atoms. The molecule has 1 fully saturated rings. The van der Waals surface area contributed by atoms with Gasteiger partial charge in [0.15, 0.2) is 0 Å². The molecule has 1 aromatic carbocycles. The van der Waals surface area contributed by atoms with Gasteiger partial charge in [-0.25, -0.2) is 4.68 Å². The van der Waals surface area contributed by atoms with Crippen molar-refractivity contribution >= 4 is 5.91 Å².